The Hall–Kier alpha value is -4.06. The van der Waals surface area contributed by atoms with Crippen LogP contribution in [0.4, 0.5) is 16.0 Å². The minimum Gasteiger partial charge on any atom is -0.496 e. The van der Waals surface area contributed by atoms with Gasteiger partial charge in [-0.05, 0) is 120 Å². The molecule has 2 aromatic heterocycles. The van der Waals surface area contributed by atoms with E-state index in [1.807, 2.05) is 12.1 Å². The number of carbonyl (C=O) groups is 1. The molecule has 3 saturated heterocycles. The number of hydrogen-bond donors (Lipinski definition) is 2. The molecule has 8 rings (SSSR count). The van der Waals surface area contributed by atoms with Gasteiger partial charge in [0.2, 0.25) is 5.95 Å². The summed E-state index contributed by atoms with van der Waals surface area (Å²) in [5, 5.41) is 13.3. The molecular formula is C40H50FN7O3. The average Bonchev–Trinajstić information content (AvgIpc) is 3.49. The van der Waals surface area contributed by atoms with Gasteiger partial charge < -0.3 is 24.2 Å². The van der Waals surface area contributed by atoms with Crippen LogP contribution in [0.15, 0.2) is 48.5 Å². The lowest BCUT2D eigenvalue weighted by Gasteiger charge is -2.57. The zero-order chi connectivity index (χ0) is 35.3. The van der Waals surface area contributed by atoms with Crippen LogP contribution < -0.4 is 15.0 Å². The number of benzene rings is 2. The van der Waals surface area contributed by atoms with Crippen molar-refractivity contribution >= 4 is 28.6 Å². The highest BCUT2D eigenvalue weighted by atomic mass is 19.1. The van der Waals surface area contributed by atoms with Crippen molar-refractivity contribution in [3.63, 3.8) is 0 Å². The third kappa shape index (κ3) is 6.60. The number of nitrogens with one attached hydrogen (secondary N) is 1. The predicted molar refractivity (Wildman–Crippen MR) is 198 cm³/mol. The number of hydrogen-bond acceptors (Lipinski definition) is 8. The molecule has 4 aromatic rings. The summed E-state index contributed by atoms with van der Waals surface area (Å²) in [7, 11) is 3.77. The molecule has 0 radical (unpaired) electrons. The van der Waals surface area contributed by atoms with Crippen LogP contribution in [0.25, 0.3) is 22.3 Å². The van der Waals surface area contributed by atoms with Crippen LogP contribution >= 0.6 is 0 Å². The summed E-state index contributed by atoms with van der Waals surface area (Å²) in [5.74, 6) is -0.433. The number of ether oxygens (including phenoxy) is 1. The Labute approximate surface area is 299 Å². The first-order valence-corrected chi connectivity index (χ1v) is 18.7. The fraction of sp³-hybridized carbons (Fsp3) is 0.525. The maximum absolute atomic E-state index is 16.1. The highest BCUT2D eigenvalue weighted by Gasteiger charge is 2.46. The molecule has 0 unspecified atom stereocenters. The van der Waals surface area contributed by atoms with E-state index in [4.69, 9.17) is 9.72 Å². The summed E-state index contributed by atoms with van der Waals surface area (Å²) in [5.41, 5.74) is 4.38. The van der Waals surface area contributed by atoms with Crippen LogP contribution in [-0.4, -0.2) is 101 Å². The van der Waals surface area contributed by atoms with Gasteiger partial charge in [0, 0.05) is 55.2 Å². The van der Waals surface area contributed by atoms with Gasteiger partial charge in [-0.2, -0.15) is 0 Å². The lowest BCUT2D eigenvalue weighted by atomic mass is 9.71. The number of piperidine rings is 2. The summed E-state index contributed by atoms with van der Waals surface area (Å²) in [6.45, 7) is 8.72. The van der Waals surface area contributed by atoms with Crippen LogP contribution in [0, 0.1) is 18.2 Å². The number of halogens is 1. The number of pyridine rings is 1. The standard InChI is InChI=1S/C40H50FN7O3/c1-26-22-32(36(41)37(42-26)31-6-4-5-7-35(31)51-3)38(50)44-39-43-33-13-10-29(23-34(33)48(39)28-8-11-30(49)12-9-28)46-18-14-27(15-19-46)47-24-40(25-47)16-20-45(2)21-17-40/h4-7,10,13,22-23,27-28,30,49H,8-9,11-12,14-21,24-25H2,1-3H3,(H,43,44,50). The number of carbonyl (C=O) groups excluding carboxylic acids is 1. The predicted octanol–water partition coefficient (Wildman–Crippen LogP) is 6.28. The Morgan fingerprint density at radius 3 is 2.39 bits per heavy atom. The molecule has 1 saturated carbocycles. The van der Waals surface area contributed by atoms with Crippen molar-refractivity contribution in [1.82, 2.24) is 24.3 Å². The number of rotatable bonds is 7. The molecule has 4 fully saturated rings. The lowest BCUT2D eigenvalue weighted by Crippen LogP contribution is -2.63. The summed E-state index contributed by atoms with van der Waals surface area (Å²) in [6, 6.07) is 15.6. The second kappa shape index (κ2) is 13.8. The van der Waals surface area contributed by atoms with Gasteiger partial charge in [-0.3, -0.25) is 15.0 Å². The molecule has 0 bridgehead atoms. The number of anilines is 2. The molecule has 51 heavy (non-hydrogen) atoms. The normalized spacial score (nSPS) is 23.0. The first-order chi connectivity index (χ1) is 24.7. The highest BCUT2D eigenvalue weighted by Crippen LogP contribution is 2.43. The Balaban J connectivity index is 1.04. The smallest absolute Gasteiger partial charge is 0.261 e. The van der Waals surface area contributed by atoms with Gasteiger partial charge in [0.05, 0.1) is 29.8 Å². The maximum atomic E-state index is 16.1. The fourth-order valence-electron chi connectivity index (χ4n) is 9.03. The number of aryl methyl sites for hydroxylation is 1. The average molecular weight is 696 g/mol. The van der Waals surface area contributed by atoms with Crippen LogP contribution in [0.2, 0.25) is 0 Å². The molecule has 2 aromatic carbocycles. The van der Waals surface area contributed by atoms with Crippen molar-refractivity contribution in [2.24, 2.45) is 5.41 Å². The van der Waals surface area contributed by atoms with E-state index in [0.717, 1.165) is 55.5 Å². The molecule has 2 N–H and O–H groups in total. The van der Waals surface area contributed by atoms with E-state index in [2.05, 4.69) is 48.7 Å². The van der Waals surface area contributed by atoms with E-state index in [1.54, 1.807) is 25.1 Å². The summed E-state index contributed by atoms with van der Waals surface area (Å²) >= 11 is 0. The zero-order valence-electron chi connectivity index (χ0n) is 30.1. The van der Waals surface area contributed by atoms with Crippen LogP contribution in [0.1, 0.15) is 73.5 Å². The second-order valence-corrected chi connectivity index (χ2v) is 15.5. The van der Waals surface area contributed by atoms with Gasteiger partial charge >= 0.3 is 0 Å². The quantitative estimate of drug-likeness (QED) is 0.233. The van der Waals surface area contributed by atoms with Crippen molar-refractivity contribution in [1.29, 1.82) is 0 Å². The molecule has 270 valence electrons. The number of fused-ring (bicyclic) bond motifs is 1. The highest BCUT2D eigenvalue weighted by molar-refractivity contribution is 6.05. The van der Waals surface area contributed by atoms with Crippen molar-refractivity contribution in [2.75, 3.05) is 63.6 Å². The molecule has 10 nitrogen and oxygen atoms in total. The molecule has 1 spiro atoms. The molecule has 0 atom stereocenters. The number of aromatic nitrogens is 3. The SMILES string of the molecule is COc1ccccc1-c1nc(C)cc(C(=O)Nc2nc3ccc(N4CCC(N5CC6(CCN(C)CC6)C5)CC4)cc3n2C2CCC(O)CC2)c1F. The largest absolute Gasteiger partial charge is 0.496 e. The minimum atomic E-state index is -0.712. The minimum absolute atomic E-state index is 0.0427. The number of para-hydroxylation sites is 1. The summed E-state index contributed by atoms with van der Waals surface area (Å²) in [6.07, 6.45) is 7.53. The van der Waals surface area contributed by atoms with Gasteiger partial charge in [-0.1, -0.05) is 12.1 Å². The van der Waals surface area contributed by atoms with Crippen molar-refractivity contribution < 1.29 is 19.0 Å². The van der Waals surface area contributed by atoms with E-state index in [1.165, 1.54) is 52.2 Å². The van der Waals surface area contributed by atoms with Gasteiger partial charge in [0.15, 0.2) is 5.82 Å². The lowest BCUT2D eigenvalue weighted by molar-refractivity contribution is -0.0704. The number of aliphatic hydroxyl groups is 1. The van der Waals surface area contributed by atoms with Gasteiger partial charge in [0.25, 0.3) is 5.91 Å². The molecule has 1 amide bonds. The fourth-order valence-corrected chi connectivity index (χ4v) is 9.03. The summed E-state index contributed by atoms with van der Waals surface area (Å²) < 4.78 is 23.7. The third-order valence-corrected chi connectivity index (χ3v) is 12.1. The third-order valence-electron chi connectivity index (χ3n) is 12.1. The monoisotopic (exact) mass is 695 g/mol. The Bertz CT molecular complexity index is 1900. The molecule has 3 aliphatic heterocycles. The molecule has 5 heterocycles. The number of methoxy groups -OCH3 is 1. The van der Waals surface area contributed by atoms with E-state index in [9.17, 15) is 9.90 Å². The number of amides is 1. The first kappa shape index (κ1) is 34.0. The van der Waals surface area contributed by atoms with E-state index in [0.29, 0.717) is 47.3 Å². The Morgan fingerprint density at radius 1 is 0.941 bits per heavy atom. The number of nitrogens with zero attached hydrogens (tertiary/aromatic N) is 6. The second-order valence-electron chi connectivity index (χ2n) is 15.5. The number of imidazole rings is 1. The van der Waals surface area contributed by atoms with Crippen molar-refractivity contribution in [3.05, 3.63) is 65.6 Å². The van der Waals surface area contributed by atoms with E-state index >= 15 is 4.39 Å². The first-order valence-electron chi connectivity index (χ1n) is 18.7. The molecule has 4 aliphatic rings. The molecule has 11 heteroatoms. The molecule has 1 aliphatic carbocycles. The van der Waals surface area contributed by atoms with Gasteiger partial charge in [-0.15, -0.1) is 0 Å². The van der Waals surface area contributed by atoms with Gasteiger partial charge in [0.1, 0.15) is 11.4 Å². The van der Waals surface area contributed by atoms with E-state index in [-0.39, 0.29) is 23.4 Å². The van der Waals surface area contributed by atoms with Gasteiger partial charge in [-0.25, -0.2) is 14.4 Å². The number of aliphatic hydroxyl groups excluding tert-OH is 1. The number of likely N-dealkylation sites (tertiary alicyclic amines) is 2. The van der Waals surface area contributed by atoms with Crippen LogP contribution in [0.3, 0.4) is 0 Å². The van der Waals surface area contributed by atoms with Crippen LogP contribution in [-0.2, 0) is 0 Å². The van der Waals surface area contributed by atoms with Crippen molar-refractivity contribution in [3.8, 4) is 17.0 Å². The topological polar surface area (TPSA) is 99.0 Å². The Kier molecular flexibility index (Phi) is 9.23. The summed E-state index contributed by atoms with van der Waals surface area (Å²) in [4.78, 5) is 30.9. The zero-order valence-corrected chi connectivity index (χ0v) is 30.1. The molecular weight excluding hydrogens is 645 g/mol. The Morgan fingerprint density at radius 2 is 1.67 bits per heavy atom. The van der Waals surface area contributed by atoms with Crippen molar-refractivity contribution in [2.45, 2.75) is 76.5 Å². The van der Waals surface area contributed by atoms with E-state index < -0.39 is 11.7 Å². The van der Waals surface area contributed by atoms with Crippen LogP contribution in [0.5, 0.6) is 5.75 Å². The maximum Gasteiger partial charge on any atom is 0.261 e.